The molecule has 0 saturated carbocycles. The van der Waals surface area contributed by atoms with Crippen molar-refractivity contribution in [3.8, 4) is 0 Å². The van der Waals surface area contributed by atoms with Crippen LogP contribution < -0.4 is 5.63 Å². The normalized spacial score (nSPS) is 17.0. The van der Waals surface area contributed by atoms with Crippen molar-refractivity contribution in [3.63, 3.8) is 0 Å². The summed E-state index contributed by atoms with van der Waals surface area (Å²) in [5, 5.41) is 9.57. The molecule has 0 aliphatic carbocycles. The Kier molecular flexibility index (Phi) is 5.34. The number of likely N-dealkylation sites (tertiary alicyclic amines) is 1. The van der Waals surface area contributed by atoms with Gasteiger partial charge in [0.1, 0.15) is 11.3 Å². The fraction of sp³-hybridized carbons (Fsp3) is 0.400. The van der Waals surface area contributed by atoms with Crippen molar-refractivity contribution in [2.75, 3.05) is 13.1 Å². The summed E-state index contributed by atoms with van der Waals surface area (Å²) in [4.78, 5) is 26.3. The monoisotopic (exact) mass is 341 g/mol. The Bertz CT molecular complexity index is 797. The predicted molar refractivity (Wildman–Crippen MR) is 94.7 cm³/mol. The van der Waals surface area contributed by atoms with E-state index in [9.17, 15) is 14.7 Å². The second kappa shape index (κ2) is 7.66. The van der Waals surface area contributed by atoms with E-state index in [0.717, 1.165) is 12.8 Å². The molecule has 1 saturated heterocycles. The fourth-order valence-corrected chi connectivity index (χ4v) is 3.25. The van der Waals surface area contributed by atoms with E-state index in [1.807, 2.05) is 18.2 Å². The van der Waals surface area contributed by atoms with E-state index in [2.05, 4.69) is 12.1 Å². The molecule has 3 rings (SSSR count). The minimum Gasteiger partial charge on any atom is -0.427 e. The minimum absolute atomic E-state index is 0.0842. The number of β-amino-alcohol motifs (C(OH)–C–C–N with tert-alkyl or cyclic N) is 1. The maximum Gasteiger partial charge on any atom is 0.349 e. The van der Waals surface area contributed by atoms with Gasteiger partial charge in [-0.3, -0.25) is 4.79 Å². The van der Waals surface area contributed by atoms with Crippen LogP contribution in [0.25, 0.3) is 0 Å². The molecular formula is C20H23NO4. The molecule has 1 aliphatic heterocycles. The zero-order valence-electron chi connectivity index (χ0n) is 14.4. The lowest BCUT2D eigenvalue weighted by molar-refractivity contribution is 0.0759. The molecule has 1 amide bonds. The van der Waals surface area contributed by atoms with Gasteiger partial charge >= 0.3 is 5.63 Å². The summed E-state index contributed by atoms with van der Waals surface area (Å²) in [5.41, 5.74) is 1.39. The molecule has 5 heteroatoms. The first-order chi connectivity index (χ1) is 12.0. The largest absolute Gasteiger partial charge is 0.427 e. The highest BCUT2D eigenvalue weighted by Gasteiger charge is 2.28. The van der Waals surface area contributed by atoms with Crippen LogP contribution in [-0.2, 0) is 12.8 Å². The van der Waals surface area contributed by atoms with Crippen LogP contribution in [0, 0.1) is 6.92 Å². The average Bonchev–Trinajstić information content (AvgIpc) is 3.02. The number of rotatable bonds is 5. The highest BCUT2D eigenvalue weighted by atomic mass is 16.4. The van der Waals surface area contributed by atoms with E-state index in [0.29, 0.717) is 30.7 Å². The van der Waals surface area contributed by atoms with Gasteiger partial charge in [0.05, 0.1) is 6.10 Å². The molecule has 0 radical (unpaired) electrons. The fourth-order valence-electron chi connectivity index (χ4n) is 3.25. The standard InChI is InChI=1S/C20H23NO4/c1-14-12-17(9-5-8-15-6-3-2-4-7-15)25-20(24)18(14)19(23)21-11-10-16(22)13-21/h2-4,6-7,12,16,22H,5,8-11,13H2,1H3/t16-/m0/s1. The predicted octanol–water partition coefficient (Wildman–Crippen LogP) is 2.33. The second-order valence-electron chi connectivity index (χ2n) is 6.59. The minimum atomic E-state index is -0.582. The highest BCUT2D eigenvalue weighted by molar-refractivity contribution is 5.95. The SMILES string of the molecule is Cc1cc(CCCc2ccccc2)oc(=O)c1C(=O)N1CC[C@H](O)C1. The van der Waals surface area contributed by atoms with Gasteiger partial charge in [-0.05, 0) is 43.4 Å². The number of amides is 1. The molecule has 0 bridgehead atoms. The lowest BCUT2D eigenvalue weighted by atomic mass is 10.1. The Morgan fingerprint density at radius 1 is 1.28 bits per heavy atom. The van der Waals surface area contributed by atoms with Crippen LogP contribution in [0.4, 0.5) is 0 Å². The Morgan fingerprint density at radius 3 is 2.68 bits per heavy atom. The number of hydrogen-bond acceptors (Lipinski definition) is 4. The van der Waals surface area contributed by atoms with Gasteiger partial charge in [0.2, 0.25) is 0 Å². The van der Waals surface area contributed by atoms with Crippen LogP contribution in [0.5, 0.6) is 0 Å². The molecule has 132 valence electrons. The van der Waals surface area contributed by atoms with Gasteiger partial charge in [-0.2, -0.15) is 0 Å². The average molecular weight is 341 g/mol. The van der Waals surface area contributed by atoms with Crippen molar-refractivity contribution < 1.29 is 14.3 Å². The zero-order valence-corrected chi connectivity index (χ0v) is 14.4. The van der Waals surface area contributed by atoms with Crippen LogP contribution >= 0.6 is 0 Å². The third kappa shape index (κ3) is 4.17. The van der Waals surface area contributed by atoms with Gasteiger partial charge in [0.25, 0.3) is 5.91 Å². The number of nitrogens with zero attached hydrogens (tertiary/aromatic N) is 1. The molecule has 2 aromatic rings. The number of aliphatic hydroxyl groups excluding tert-OH is 1. The topological polar surface area (TPSA) is 70.8 Å². The third-order valence-electron chi connectivity index (χ3n) is 4.60. The smallest absolute Gasteiger partial charge is 0.349 e. The Labute approximate surface area is 146 Å². The van der Waals surface area contributed by atoms with Crippen LogP contribution in [0.15, 0.2) is 45.6 Å². The van der Waals surface area contributed by atoms with Crippen LogP contribution in [-0.4, -0.2) is 35.1 Å². The van der Waals surface area contributed by atoms with E-state index in [1.54, 1.807) is 13.0 Å². The van der Waals surface area contributed by atoms with Gasteiger partial charge in [0, 0.05) is 19.5 Å². The summed E-state index contributed by atoms with van der Waals surface area (Å²) >= 11 is 0. The van der Waals surface area contributed by atoms with Crippen molar-refractivity contribution in [1.29, 1.82) is 0 Å². The lowest BCUT2D eigenvalue weighted by Gasteiger charge is -2.16. The summed E-state index contributed by atoms with van der Waals surface area (Å²) in [5.74, 6) is 0.259. The molecule has 0 unspecified atom stereocenters. The van der Waals surface area contributed by atoms with Crippen molar-refractivity contribution >= 4 is 5.91 Å². The highest BCUT2D eigenvalue weighted by Crippen LogP contribution is 2.16. The Hall–Kier alpha value is -2.40. The first kappa shape index (κ1) is 17.4. The quantitative estimate of drug-likeness (QED) is 0.906. The van der Waals surface area contributed by atoms with E-state index >= 15 is 0 Å². The van der Waals surface area contributed by atoms with Crippen LogP contribution in [0.3, 0.4) is 0 Å². The molecule has 5 nitrogen and oxygen atoms in total. The number of carbonyl (C=O) groups excluding carboxylic acids is 1. The first-order valence-electron chi connectivity index (χ1n) is 8.69. The van der Waals surface area contributed by atoms with Gasteiger partial charge in [0.15, 0.2) is 0 Å². The van der Waals surface area contributed by atoms with Crippen molar-refractivity contribution in [2.24, 2.45) is 0 Å². The molecule has 1 fully saturated rings. The molecule has 1 N–H and O–H groups in total. The number of benzene rings is 1. The Morgan fingerprint density at radius 2 is 2.04 bits per heavy atom. The Balaban J connectivity index is 1.67. The summed E-state index contributed by atoms with van der Waals surface area (Å²) in [6.45, 7) is 2.51. The van der Waals surface area contributed by atoms with E-state index < -0.39 is 11.7 Å². The lowest BCUT2D eigenvalue weighted by Crippen LogP contribution is -2.33. The van der Waals surface area contributed by atoms with E-state index in [1.165, 1.54) is 10.5 Å². The van der Waals surface area contributed by atoms with Gasteiger partial charge in [-0.25, -0.2) is 4.79 Å². The van der Waals surface area contributed by atoms with Crippen molar-refractivity contribution in [2.45, 2.75) is 38.7 Å². The van der Waals surface area contributed by atoms with Gasteiger partial charge in [-0.1, -0.05) is 30.3 Å². The third-order valence-corrected chi connectivity index (χ3v) is 4.60. The van der Waals surface area contributed by atoms with Gasteiger partial charge in [-0.15, -0.1) is 0 Å². The molecule has 0 spiro atoms. The maximum absolute atomic E-state index is 12.5. The number of carbonyl (C=O) groups is 1. The molecule has 1 atom stereocenters. The van der Waals surface area contributed by atoms with E-state index in [4.69, 9.17) is 4.42 Å². The van der Waals surface area contributed by atoms with Crippen LogP contribution in [0.2, 0.25) is 0 Å². The molecule has 2 heterocycles. The summed E-state index contributed by atoms with van der Waals surface area (Å²) < 4.78 is 5.37. The first-order valence-corrected chi connectivity index (χ1v) is 8.69. The van der Waals surface area contributed by atoms with Crippen LogP contribution in [0.1, 0.15) is 40.1 Å². The maximum atomic E-state index is 12.5. The molecular weight excluding hydrogens is 318 g/mol. The summed E-state index contributed by atoms with van der Waals surface area (Å²) in [6.07, 6.45) is 2.48. The van der Waals surface area contributed by atoms with Crippen molar-refractivity contribution in [1.82, 2.24) is 4.90 Å². The second-order valence-corrected chi connectivity index (χ2v) is 6.59. The van der Waals surface area contributed by atoms with Crippen molar-refractivity contribution in [3.05, 3.63) is 69.3 Å². The molecule has 1 aromatic heterocycles. The summed E-state index contributed by atoms with van der Waals surface area (Å²) in [7, 11) is 0. The zero-order chi connectivity index (χ0) is 17.8. The van der Waals surface area contributed by atoms with Gasteiger partial charge < -0.3 is 14.4 Å². The molecule has 1 aromatic carbocycles. The number of aryl methyl sites for hydroxylation is 3. The summed E-state index contributed by atoms with van der Waals surface area (Å²) in [6, 6.07) is 11.9. The molecule has 1 aliphatic rings. The number of hydrogen-bond donors (Lipinski definition) is 1. The molecule has 25 heavy (non-hydrogen) atoms. The number of aliphatic hydroxyl groups is 1. The van der Waals surface area contributed by atoms with E-state index in [-0.39, 0.29) is 18.0 Å².